The molecule has 0 amide bonds. The second-order valence-electron chi connectivity index (χ2n) is 7.63. The van der Waals surface area contributed by atoms with E-state index in [1.807, 2.05) is 18.2 Å². The van der Waals surface area contributed by atoms with Gasteiger partial charge in [-0.3, -0.25) is 0 Å². The molecule has 1 N–H and O–H groups in total. The quantitative estimate of drug-likeness (QED) is 0.399. The highest BCUT2D eigenvalue weighted by Crippen LogP contribution is 2.34. The molecule has 0 unspecified atom stereocenters. The standard InChI is InChI=1S/C22H23Cl2N7O3/c23-17-3-1-2-16(19(17)24)18-5-4-15(34-18)14-25-29-20-26-21(30-6-10-32-11-7-30)28-22(27-20)31-8-12-33-13-9-31/h1-5,14H,6-13H2,(H,26,27,28,29). The van der Waals surface area contributed by atoms with E-state index in [0.29, 0.717) is 71.4 Å². The zero-order valence-electron chi connectivity index (χ0n) is 18.3. The molecule has 34 heavy (non-hydrogen) atoms. The topological polar surface area (TPSA) is 101 Å². The lowest BCUT2D eigenvalue weighted by molar-refractivity contribution is 0.121. The second-order valence-corrected chi connectivity index (χ2v) is 8.42. The summed E-state index contributed by atoms with van der Waals surface area (Å²) in [6.07, 6.45) is 1.55. The van der Waals surface area contributed by atoms with Crippen LogP contribution in [-0.4, -0.2) is 73.8 Å². The van der Waals surface area contributed by atoms with Crippen LogP contribution in [0.1, 0.15) is 5.76 Å². The fourth-order valence-electron chi connectivity index (χ4n) is 3.63. The third kappa shape index (κ3) is 5.25. The van der Waals surface area contributed by atoms with E-state index in [1.165, 1.54) is 0 Å². The molecular formula is C22H23Cl2N7O3. The molecule has 5 rings (SSSR count). The van der Waals surface area contributed by atoms with Crippen LogP contribution in [-0.2, 0) is 9.47 Å². The maximum Gasteiger partial charge on any atom is 0.250 e. The summed E-state index contributed by atoms with van der Waals surface area (Å²) in [5.41, 5.74) is 3.62. The molecular weight excluding hydrogens is 481 g/mol. The molecule has 178 valence electrons. The number of ether oxygens (including phenoxy) is 2. The molecule has 2 saturated heterocycles. The molecule has 2 aliphatic rings. The van der Waals surface area contributed by atoms with Gasteiger partial charge in [0.25, 0.3) is 0 Å². The van der Waals surface area contributed by atoms with Gasteiger partial charge in [0.2, 0.25) is 17.8 Å². The Balaban J connectivity index is 1.34. The Labute approximate surface area is 206 Å². The van der Waals surface area contributed by atoms with Crippen molar-refractivity contribution in [1.29, 1.82) is 0 Å². The number of hydrogen-bond donors (Lipinski definition) is 1. The molecule has 4 heterocycles. The third-order valence-corrected chi connectivity index (χ3v) is 6.22. The van der Waals surface area contributed by atoms with Crippen LogP contribution in [0, 0.1) is 0 Å². The van der Waals surface area contributed by atoms with Crippen molar-refractivity contribution in [2.75, 3.05) is 67.8 Å². The average Bonchev–Trinajstić information content (AvgIpc) is 3.35. The first-order chi connectivity index (χ1) is 16.7. The van der Waals surface area contributed by atoms with Crippen LogP contribution in [0.25, 0.3) is 11.3 Å². The first kappa shape index (κ1) is 22.9. The Bertz CT molecular complexity index is 1120. The number of benzene rings is 1. The van der Waals surface area contributed by atoms with Crippen molar-refractivity contribution in [2.45, 2.75) is 0 Å². The summed E-state index contributed by atoms with van der Waals surface area (Å²) in [5.74, 6) is 2.66. The molecule has 2 aromatic heterocycles. The average molecular weight is 504 g/mol. The number of aromatic nitrogens is 3. The number of nitrogens with zero attached hydrogens (tertiary/aromatic N) is 6. The SMILES string of the molecule is Clc1cccc(-c2ccc(C=NNc3nc(N4CCOCC4)nc(N4CCOCC4)n3)o2)c1Cl. The summed E-state index contributed by atoms with van der Waals surface area (Å²) in [7, 11) is 0. The van der Waals surface area contributed by atoms with Crippen molar-refractivity contribution in [2.24, 2.45) is 5.10 Å². The fourth-order valence-corrected chi connectivity index (χ4v) is 4.02. The van der Waals surface area contributed by atoms with Gasteiger partial charge in [-0.05, 0) is 24.3 Å². The van der Waals surface area contributed by atoms with Crippen molar-refractivity contribution >= 4 is 47.3 Å². The van der Waals surface area contributed by atoms with Gasteiger partial charge in [0.05, 0.1) is 42.7 Å². The molecule has 1 aromatic carbocycles. The van der Waals surface area contributed by atoms with Crippen LogP contribution in [0.15, 0.2) is 39.9 Å². The van der Waals surface area contributed by atoms with Crippen molar-refractivity contribution in [1.82, 2.24) is 15.0 Å². The van der Waals surface area contributed by atoms with E-state index in [2.05, 4.69) is 35.3 Å². The molecule has 2 fully saturated rings. The number of hydrogen-bond acceptors (Lipinski definition) is 10. The van der Waals surface area contributed by atoms with E-state index in [0.717, 1.165) is 26.2 Å². The van der Waals surface area contributed by atoms with E-state index in [1.54, 1.807) is 18.3 Å². The van der Waals surface area contributed by atoms with Crippen molar-refractivity contribution in [3.8, 4) is 11.3 Å². The van der Waals surface area contributed by atoms with E-state index in [4.69, 9.17) is 37.1 Å². The lowest BCUT2D eigenvalue weighted by atomic mass is 10.2. The van der Waals surface area contributed by atoms with Gasteiger partial charge in [-0.1, -0.05) is 29.3 Å². The first-order valence-electron chi connectivity index (χ1n) is 10.9. The van der Waals surface area contributed by atoms with Crippen LogP contribution in [0.3, 0.4) is 0 Å². The van der Waals surface area contributed by atoms with Gasteiger partial charge < -0.3 is 23.7 Å². The summed E-state index contributed by atoms with van der Waals surface area (Å²) >= 11 is 12.4. The number of furan rings is 1. The molecule has 3 aromatic rings. The van der Waals surface area contributed by atoms with Crippen molar-refractivity contribution in [3.63, 3.8) is 0 Å². The number of anilines is 3. The van der Waals surface area contributed by atoms with Gasteiger partial charge in [-0.15, -0.1) is 0 Å². The van der Waals surface area contributed by atoms with E-state index >= 15 is 0 Å². The maximum atomic E-state index is 6.30. The van der Waals surface area contributed by atoms with Crippen LogP contribution in [0.4, 0.5) is 17.8 Å². The number of nitrogens with one attached hydrogen (secondary N) is 1. The minimum Gasteiger partial charge on any atom is -0.455 e. The third-order valence-electron chi connectivity index (χ3n) is 5.40. The smallest absolute Gasteiger partial charge is 0.250 e. The molecule has 2 aliphatic heterocycles. The Kier molecular flexibility index (Phi) is 7.10. The minimum atomic E-state index is 0.346. The van der Waals surface area contributed by atoms with Gasteiger partial charge in [0.1, 0.15) is 11.5 Å². The summed E-state index contributed by atoms with van der Waals surface area (Å²) in [6.45, 7) is 5.42. The van der Waals surface area contributed by atoms with Gasteiger partial charge in [0.15, 0.2) is 0 Å². The first-order valence-corrected chi connectivity index (χ1v) is 11.7. The van der Waals surface area contributed by atoms with Gasteiger partial charge >= 0.3 is 0 Å². The number of morpholine rings is 2. The van der Waals surface area contributed by atoms with Crippen LogP contribution in [0.5, 0.6) is 0 Å². The molecule has 10 nitrogen and oxygen atoms in total. The van der Waals surface area contributed by atoms with E-state index < -0.39 is 0 Å². The molecule has 0 bridgehead atoms. The summed E-state index contributed by atoms with van der Waals surface area (Å²) < 4.78 is 16.8. The van der Waals surface area contributed by atoms with E-state index in [9.17, 15) is 0 Å². The second kappa shape index (κ2) is 10.6. The Morgan fingerprint density at radius 1 is 0.853 bits per heavy atom. The summed E-state index contributed by atoms with van der Waals surface area (Å²) in [5, 5.41) is 5.17. The van der Waals surface area contributed by atoms with Gasteiger partial charge in [-0.2, -0.15) is 20.1 Å². The van der Waals surface area contributed by atoms with Crippen molar-refractivity contribution < 1.29 is 13.9 Å². The summed E-state index contributed by atoms with van der Waals surface area (Å²) in [4.78, 5) is 18.0. The Morgan fingerprint density at radius 2 is 1.50 bits per heavy atom. The number of rotatable bonds is 6. The normalized spacial score (nSPS) is 16.9. The van der Waals surface area contributed by atoms with Crippen LogP contribution in [0.2, 0.25) is 10.0 Å². The number of halogens is 2. The Hall–Kier alpha value is -2.92. The van der Waals surface area contributed by atoms with Crippen LogP contribution < -0.4 is 15.2 Å². The van der Waals surface area contributed by atoms with Crippen LogP contribution >= 0.6 is 23.2 Å². The monoisotopic (exact) mass is 503 g/mol. The fraction of sp³-hybridized carbons (Fsp3) is 0.364. The zero-order valence-corrected chi connectivity index (χ0v) is 19.8. The highest BCUT2D eigenvalue weighted by Gasteiger charge is 2.20. The number of hydrazone groups is 1. The predicted octanol–water partition coefficient (Wildman–Crippen LogP) is 3.56. The van der Waals surface area contributed by atoms with E-state index in [-0.39, 0.29) is 0 Å². The molecule has 12 heteroatoms. The van der Waals surface area contributed by atoms with Crippen molar-refractivity contribution in [3.05, 3.63) is 46.1 Å². The highest BCUT2D eigenvalue weighted by molar-refractivity contribution is 6.43. The van der Waals surface area contributed by atoms with Gasteiger partial charge in [0, 0.05) is 31.7 Å². The summed E-state index contributed by atoms with van der Waals surface area (Å²) in [6, 6.07) is 9.00. The molecule has 0 aliphatic carbocycles. The molecule has 0 saturated carbocycles. The highest BCUT2D eigenvalue weighted by atomic mass is 35.5. The molecule has 0 radical (unpaired) electrons. The lowest BCUT2D eigenvalue weighted by Crippen LogP contribution is -2.40. The maximum absolute atomic E-state index is 6.30. The molecule has 0 atom stereocenters. The van der Waals surface area contributed by atoms with Gasteiger partial charge in [-0.25, -0.2) is 5.43 Å². The minimum absolute atomic E-state index is 0.346. The lowest BCUT2D eigenvalue weighted by Gasteiger charge is -2.30. The Morgan fingerprint density at radius 3 is 2.15 bits per heavy atom. The molecule has 0 spiro atoms. The zero-order chi connectivity index (χ0) is 23.3. The largest absolute Gasteiger partial charge is 0.455 e. The predicted molar refractivity (Wildman–Crippen MR) is 131 cm³/mol.